The molecule has 1 aromatic carbocycles. The molecule has 0 saturated carbocycles. The van der Waals surface area contributed by atoms with Crippen LogP contribution in [0.1, 0.15) is 19.4 Å². The summed E-state index contributed by atoms with van der Waals surface area (Å²) < 4.78 is 26.3. The average Bonchev–Trinajstić information content (AvgIpc) is 2.63. The van der Waals surface area contributed by atoms with Crippen LogP contribution in [0.3, 0.4) is 0 Å². The van der Waals surface area contributed by atoms with Crippen molar-refractivity contribution >= 4 is 27.6 Å². The Bertz CT molecular complexity index is 896. The van der Waals surface area contributed by atoms with Crippen LogP contribution in [-0.4, -0.2) is 41.9 Å². The fraction of sp³-hybridized carbons (Fsp3) is 0.250. The lowest BCUT2D eigenvalue weighted by Gasteiger charge is -2.18. The molecule has 2 aromatic rings. The van der Waals surface area contributed by atoms with E-state index in [2.05, 4.69) is 15.5 Å². The first-order valence-corrected chi connectivity index (χ1v) is 9.31. The lowest BCUT2D eigenvalue weighted by Crippen LogP contribution is -2.30. The van der Waals surface area contributed by atoms with Crippen LogP contribution in [-0.2, 0) is 10.0 Å². The van der Waals surface area contributed by atoms with Crippen LogP contribution in [0.25, 0.3) is 0 Å². The molecule has 26 heavy (non-hydrogen) atoms. The lowest BCUT2D eigenvalue weighted by molar-refractivity contribution is -0.384. The van der Waals surface area contributed by atoms with Crippen molar-refractivity contribution < 1.29 is 13.3 Å². The van der Waals surface area contributed by atoms with Crippen molar-refractivity contribution in [2.24, 2.45) is 5.10 Å². The number of nitrogens with one attached hydrogen (secondary N) is 1. The molecule has 0 aliphatic carbocycles. The van der Waals surface area contributed by atoms with Gasteiger partial charge in [-0.3, -0.25) is 20.5 Å². The molecule has 0 bridgehead atoms. The van der Waals surface area contributed by atoms with Crippen molar-refractivity contribution in [1.82, 2.24) is 9.29 Å². The van der Waals surface area contributed by atoms with Crippen molar-refractivity contribution in [2.45, 2.75) is 18.7 Å². The van der Waals surface area contributed by atoms with Gasteiger partial charge in [0.05, 0.1) is 16.0 Å². The van der Waals surface area contributed by atoms with E-state index >= 15 is 0 Å². The summed E-state index contributed by atoms with van der Waals surface area (Å²) in [5, 5.41) is 15.3. The summed E-state index contributed by atoms with van der Waals surface area (Å²) in [5.41, 5.74) is 3.06. The molecule has 0 fully saturated rings. The van der Waals surface area contributed by atoms with Gasteiger partial charge in [-0.25, -0.2) is 8.42 Å². The molecular weight excluding hydrogens is 358 g/mol. The van der Waals surface area contributed by atoms with Crippen molar-refractivity contribution in [3.05, 3.63) is 58.4 Å². The number of nitro benzene ring substituents is 1. The third-order valence-electron chi connectivity index (χ3n) is 3.61. The quantitative estimate of drug-likeness (QED) is 0.429. The smallest absolute Gasteiger partial charge is 0.272 e. The fourth-order valence-corrected chi connectivity index (χ4v) is 3.73. The summed E-state index contributed by atoms with van der Waals surface area (Å²) in [7, 11) is -3.78. The Kier molecular flexibility index (Phi) is 6.36. The van der Waals surface area contributed by atoms with Crippen molar-refractivity contribution in [3.8, 4) is 0 Å². The van der Waals surface area contributed by atoms with Gasteiger partial charge in [-0.2, -0.15) is 9.41 Å². The highest BCUT2D eigenvalue weighted by Gasteiger charge is 2.25. The number of nitrogens with zero attached hydrogens (tertiary/aromatic N) is 4. The van der Waals surface area contributed by atoms with Gasteiger partial charge >= 0.3 is 0 Å². The Labute approximate surface area is 151 Å². The van der Waals surface area contributed by atoms with E-state index in [0.717, 1.165) is 11.6 Å². The van der Waals surface area contributed by atoms with Crippen LogP contribution in [0.4, 0.5) is 11.4 Å². The summed E-state index contributed by atoms with van der Waals surface area (Å²) in [6.45, 7) is 3.98. The van der Waals surface area contributed by atoms with Crippen LogP contribution >= 0.6 is 0 Å². The molecule has 0 spiro atoms. The summed E-state index contributed by atoms with van der Waals surface area (Å²) in [6.07, 6.45) is 4.67. The minimum Gasteiger partial charge on any atom is -0.272 e. The van der Waals surface area contributed by atoms with E-state index in [0.29, 0.717) is 0 Å². The summed E-state index contributed by atoms with van der Waals surface area (Å²) in [5.74, 6) is 0. The van der Waals surface area contributed by atoms with E-state index < -0.39 is 14.9 Å². The number of hydrogen-bond acceptors (Lipinski definition) is 7. The predicted molar refractivity (Wildman–Crippen MR) is 98.7 cm³/mol. The normalized spacial score (nSPS) is 11.8. The molecule has 1 heterocycles. The van der Waals surface area contributed by atoms with Crippen LogP contribution in [0, 0.1) is 10.1 Å². The van der Waals surface area contributed by atoms with E-state index in [1.165, 1.54) is 22.7 Å². The van der Waals surface area contributed by atoms with Gasteiger partial charge in [0, 0.05) is 31.5 Å². The van der Waals surface area contributed by atoms with Crippen molar-refractivity contribution in [2.75, 3.05) is 18.5 Å². The van der Waals surface area contributed by atoms with E-state index in [4.69, 9.17) is 0 Å². The van der Waals surface area contributed by atoms with E-state index in [1.54, 1.807) is 38.4 Å². The van der Waals surface area contributed by atoms with Crippen LogP contribution in [0.2, 0.25) is 0 Å². The first kappa shape index (κ1) is 19.5. The molecule has 1 aromatic heterocycles. The Morgan fingerprint density at radius 1 is 1.23 bits per heavy atom. The Morgan fingerprint density at radius 3 is 2.46 bits per heavy atom. The average molecular weight is 377 g/mol. The minimum absolute atomic E-state index is 0.0961. The highest BCUT2D eigenvalue weighted by atomic mass is 32.2. The van der Waals surface area contributed by atoms with E-state index in [9.17, 15) is 18.5 Å². The zero-order chi connectivity index (χ0) is 19.2. The molecule has 0 atom stereocenters. The number of hydrogen-bond donors (Lipinski definition) is 1. The first-order valence-electron chi connectivity index (χ1n) is 7.87. The van der Waals surface area contributed by atoms with Crippen LogP contribution < -0.4 is 5.43 Å². The number of pyridine rings is 1. The maximum Gasteiger partial charge on any atom is 0.295 e. The van der Waals surface area contributed by atoms with Gasteiger partial charge in [-0.05, 0) is 29.8 Å². The van der Waals surface area contributed by atoms with E-state index in [1.807, 2.05) is 0 Å². The van der Waals surface area contributed by atoms with Gasteiger partial charge in [0.15, 0.2) is 0 Å². The Hall–Kier alpha value is -2.85. The van der Waals surface area contributed by atoms with Gasteiger partial charge in [0.1, 0.15) is 5.69 Å². The molecule has 0 aliphatic rings. The van der Waals surface area contributed by atoms with Crippen LogP contribution in [0.15, 0.2) is 52.7 Å². The molecule has 10 heteroatoms. The molecule has 0 aliphatic heterocycles. The third-order valence-corrected chi connectivity index (χ3v) is 5.66. The number of aromatic nitrogens is 1. The van der Waals surface area contributed by atoms with Crippen LogP contribution in [0.5, 0.6) is 0 Å². The monoisotopic (exact) mass is 377 g/mol. The molecular formula is C16H19N5O4S. The fourth-order valence-electron chi connectivity index (χ4n) is 2.26. The third kappa shape index (κ3) is 4.41. The number of sulfonamides is 1. The lowest BCUT2D eigenvalue weighted by atomic mass is 10.3. The predicted octanol–water partition coefficient (Wildman–Crippen LogP) is 2.47. The zero-order valence-corrected chi connectivity index (χ0v) is 15.2. The summed E-state index contributed by atoms with van der Waals surface area (Å²) >= 11 is 0. The van der Waals surface area contributed by atoms with Gasteiger partial charge in [-0.1, -0.05) is 13.8 Å². The molecule has 9 nitrogen and oxygen atoms in total. The van der Waals surface area contributed by atoms with Gasteiger partial charge in [0.2, 0.25) is 10.0 Å². The number of hydrazone groups is 1. The number of nitro groups is 1. The second kappa shape index (κ2) is 8.50. The number of anilines is 1. The molecule has 0 saturated heterocycles. The highest BCUT2D eigenvalue weighted by molar-refractivity contribution is 7.89. The zero-order valence-electron chi connectivity index (χ0n) is 14.4. The molecule has 0 amide bonds. The molecule has 138 valence electrons. The molecule has 0 radical (unpaired) electrons. The Balaban J connectivity index is 2.32. The van der Waals surface area contributed by atoms with Crippen molar-refractivity contribution in [1.29, 1.82) is 0 Å². The van der Waals surface area contributed by atoms with Gasteiger partial charge in [-0.15, -0.1) is 0 Å². The number of rotatable bonds is 8. The van der Waals surface area contributed by atoms with E-state index in [-0.39, 0.29) is 29.4 Å². The largest absolute Gasteiger partial charge is 0.295 e. The maximum atomic E-state index is 12.5. The standard InChI is InChI=1S/C16H19N5O4S/c1-3-20(4-2)26(24,25)14-5-6-15(16(11-14)21(22)23)19-18-12-13-7-9-17-10-8-13/h5-12,19H,3-4H2,1-2H3/b18-12-. The molecule has 0 unspecified atom stereocenters. The minimum atomic E-state index is -3.78. The summed E-state index contributed by atoms with van der Waals surface area (Å²) in [6, 6.07) is 7.14. The first-order chi connectivity index (χ1) is 12.4. The second-order valence-corrected chi connectivity index (χ2v) is 7.11. The van der Waals surface area contributed by atoms with Gasteiger partial charge < -0.3 is 0 Å². The second-order valence-electron chi connectivity index (χ2n) is 5.18. The Morgan fingerprint density at radius 2 is 1.88 bits per heavy atom. The molecule has 2 rings (SSSR count). The SMILES string of the molecule is CCN(CC)S(=O)(=O)c1ccc(N/N=C\c2ccncc2)c([N+](=O)[O-])c1. The highest BCUT2D eigenvalue weighted by Crippen LogP contribution is 2.29. The summed E-state index contributed by atoms with van der Waals surface area (Å²) in [4.78, 5) is 14.4. The van der Waals surface area contributed by atoms with Gasteiger partial charge in [0.25, 0.3) is 5.69 Å². The maximum absolute atomic E-state index is 12.5. The number of benzene rings is 1. The van der Waals surface area contributed by atoms with Crippen molar-refractivity contribution in [3.63, 3.8) is 0 Å². The topological polar surface area (TPSA) is 118 Å². The molecule has 1 N–H and O–H groups in total.